The summed E-state index contributed by atoms with van der Waals surface area (Å²) in [5.74, 6) is 1.45. The summed E-state index contributed by atoms with van der Waals surface area (Å²) in [7, 11) is 0. The third-order valence-corrected chi connectivity index (χ3v) is 6.20. The summed E-state index contributed by atoms with van der Waals surface area (Å²) in [6, 6.07) is 12.0. The van der Waals surface area contributed by atoms with Gasteiger partial charge in [0, 0.05) is 10.9 Å². The number of likely N-dealkylation sites (tertiary alicyclic amines) is 1. The first-order valence-electron chi connectivity index (χ1n) is 9.33. The number of rotatable bonds is 4. The molecule has 2 aromatic heterocycles. The Labute approximate surface area is 162 Å². The summed E-state index contributed by atoms with van der Waals surface area (Å²) < 4.78 is 1.56. The van der Waals surface area contributed by atoms with Crippen molar-refractivity contribution in [2.75, 3.05) is 13.1 Å². The Balaban J connectivity index is 1.78. The van der Waals surface area contributed by atoms with Crippen LogP contribution in [0.3, 0.4) is 0 Å². The molecule has 0 bridgehead atoms. The molecule has 0 saturated carbocycles. The summed E-state index contributed by atoms with van der Waals surface area (Å²) in [4.78, 5) is 21.1. The lowest BCUT2D eigenvalue weighted by Crippen LogP contribution is -2.35. The summed E-state index contributed by atoms with van der Waals surface area (Å²) in [5, 5.41) is 11.9. The number of hydrogen-bond donors (Lipinski definition) is 0. The zero-order chi connectivity index (χ0) is 18.8. The van der Waals surface area contributed by atoms with Crippen LogP contribution in [0.5, 0.6) is 0 Å². The van der Waals surface area contributed by atoms with Crippen LogP contribution in [-0.4, -0.2) is 27.5 Å². The van der Waals surface area contributed by atoms with Crippen molar-refractivity contribution in [3.8, 4) is 17.2 Å². The number of nitriles is 1. The maximum atomic E-state index is 13.2. The molecule has 1 aromatic carbocycles. The number of aromatic nitrogens is 2. The zero-order valence-electron chi connectivity index (χ0n) is 15.4. The van der Waals surface area contributed by atoms with Crippen LogP contribution in [0.2, 0.25) is 0 Å². The Morgan fingerprint density at radius 3 is 2.70 bits per heavy atom. The summed E-state index contributed by atoms with van der Waals surface area (Å²) >= 11 is 1.50. The normalized spacial score (nSPS) is 15.9. The van der Waals surface area contributed by atoms with Gasteiger partial charge in [-0.2, -0.15) is 5.26 Å². The Bertz CT molecular complexity index is 1040. The molecule has 138 valence electrons. The number of piperidine rings is 1. The maximum absolute atomic E-state index is 13.2. The van der Waals surface area contributed by atoms with E-state index in [-0.39, 0.29) is 12.1 Å². The predicted molar refractivity (Wildman–Crippen MR) is 109 cm³/mol. The van der Waals surface area contributed by atoms with Crippen LogP contribution in [-0.2, 0) is 13.1 Å². The fraction of sp³-hybridized carbons (Fsp3) is 0.381. The van der Waals surface area contributed by atoms with Gasteiger partial charge in [0.2, 0.25) is 0 Å². The largest absolute Gasteiger partial charge is 0.296 e. The quantitative estimate of drug-likeness (QED) is 0.691. The smallest absolute Gasteiger partial charge is 0.263 e. The molecular formula is C21H22N4OS. The van der Waals surface area contributed by atoms with Crippen LogP contribution in [0.15, 0.2) is 40.5 Å². The maximum Gasteiger partial charge on any atom is 0.263 e. The molecule has 3 aromatic rings. The predicted octanol–water partition coefficient (Wildman–Crippen LogP) is 3.88. The number of fused-ring (bicyclic) bond motifs is 1. The number of benzene rings is 1. The van der Waals surface area contributed by atoms with Gasteiger partial charge in [-0.05, 0) is 37.4 Å². The number of thiophene rings is 1. The second kappa shape index (κ2) is 7.63. The summed E-state index contributed by atoms with van der Waals surface area (Å²) in [5.41, 5.74) is 1.80. The third kappa shape index (κ3) is 3.53. The summed E-state index contributed by atoms with van der Waals surface area (Å²) in [6.07, 6.45) is 2.34. The van der Waals surface area contributed by atoms with Crippen LogP contribution < -0.4 is 5.56 Å². The fourth-order valence-electron chi connectivity index (χ4n) is 3.67. The first kappa shape index (κ1) is 17.9. The van der Waals surface area contributed by atoms with Gasteiger partial charge in [-0.1, -0.05) is 37.3 Å². The van der Waals surface area contributed by atoms with Crippen molar-refractivity contribution >= 4 is 21.6 Å². The van der Waals surface area contributed by atoms with E-state index in [1.807, 2.05) is 35.7 Å². The van der Waals surface area contributed by atoms with Gasteiger partial charge in [0.15, 0.2) is 0 Å². The monoisotopic (exact) mass is 378 g/mol. The zero-order valence-corrected chi connectivity index (χ0v) is 16.2. The van der Waals surface area contributed by atoms with E-state index in [2.05, 4.69) is 17.9 Å². The van der Waals surface area contributed by atoms with Crippen LogP contribution >= 0.6 is 11.3 Å². The fourth-order valence-corrected chi connectivity index (χ4v) is 4.63. The molecule has 4 rings (SSSR count). The highest BCUT2D eigenvalue weighted by atomic mass is 32.1. The molecule has 1 fully saturated rings. The molecule has 0 spiro atoms. The highest BCUT2D eigenvalue weighted by Gasteiger charge is 2.21. The van der Waals surface area contributed by atoms with Gasteiger partial charge in [0.25, 0.3) is 5.56 Å². The molecule has 0 radical (unpaired) electrons. The average molecular weight is 379 g/mol. The first-order chi connectivity index (χ1) is 13.2. The summed E-state index contributed by atoms with van der Waals surface area (Å²) in [6.45, 7) is 4.97. The topological polar surface area (TPSA) is 61.9 Å². The highest BCUT2D eigenvalue weighted by Crippen LogP contribution is 2.31. The Morgan fingerprint density at radius 1 is 1.26 bits per heavy atom. The van der Waals surface area contributed by atoms with Crippen LogP contribution in [0.25, 0.3) is 21.3 Å². The van der Waals surface area contributed by atoms with E-state index in [1.54, 1.807) is 4.57 Å². The van der Waals surface area contributed by atoms with E-state index >= 15 is 0 Å². The molecule has 1 saturated heterocycles. The molecule has 6 heteroatoms. The Kier molecular flexibility index (Phi) is 5.06. The lowest BCUT2D eigenvalue weighted by Gasteiger charge is -2.30. The van der Waals surface area contributed by atoms with E-state index in [9.17, 15) is 10.1 Å². The van der Waals surface area contributed by atoms with Gasteiger partial charge in [-0.25, -0.2) is 4.98 Å². The van der Waals surface area contributed by atoms with Gasteiger partial charge in [0.05, 0.1) is 18.0 Å². The third-order valence-electron chi connectivity index (χ3n) is 5.33. The van der Waals surface area contributed by atoms with Gasteiger partial charge in [-0.3, -0.25) is 14.3 Å². The molecule has 0 atom stereocenters. The van der Waals surface area contributed by atoms with E-state index in [1.165, 1.54) is 24.2 Å². The average Bonchev–Trinajstić information content (AvgIpc) is 3.11. The van der Waals surface area contributed by atoms with Crippen molar-refractivity contribution in [3.05, 3.63) is 51.9 Å². The molecule has 0 aliphatic carbocycles. The molecule has 1 aliphatic rings. The Morgan fingerprint density at radius 2 is 2.00 bits per heavy atom. The Hall–Kier alpha value is -2.49. The second-order valence-electron chi connectivity index (χ2n) is 7.23. The van der Waals surface area contributed by atoms with Crippen molar-refractivity contribution in [1.82, 2.24) is 14.5 Å². The SMILES string of the molecule is CC1CCN(Cc2nc3scc(-c4ccccc4)c3c(=O)n2CC#N)CC1. The van der Waals surface area contributed by atoms with Gasteiger partial charge in [-0.15, -0.1) is 11.3 Å². The van der Waals surface area contributed by atoms with Crippen LogP contribution in [0.4, 0.5) is 0 Å². The van der Waals surface area contributed by atoms with Crippen molar-refractivity contribution in [1.29, 1.82) is 5.26 Å². The molecule has 0 unspecified atom stereocenters. The van der Waals surface area contributed by atoms with Crippen molar-refractivity contribution in [2.24, 2.45) is 5.92 Å². The molecule has 3 heterocycles. The molecular weight excluding hydrogens is 356 g/mol. The molecule has 5 nitrogen and oxygen atoms in total. The van der Waals surface area contributed by atoms with Gasteiger partial charge in [0.1, 0.15) is 17.2 Å². The van der Waals surface area contributed by atoms with E-state index in [4.69, 9.17) is 4.98 Å². The van der Waals surface area contributed by atoms with Crippen molar-refractivity contribution in [3.63, 3.8) is 0 Å². The number of nitrogens with zero attached hydrogens (tertiary/aromatic N) is 4. The second-order valence-corrected chi connectivity index (χ2v) is 8.09. The lowest BCUT2D eigenvalue weighted by molar-refractivity contribution is 0.179. The molecule has 0 amide bonds. The molecule has 27 heavy (non-hydrogen) atoms. The van der Waals surface area contributed by atoms with Crippen LogP contribution in [0.1, 0.15) is 25.6 Å². The molecule has 0 N–H and O–H groups in total. The van der Waals surface area contributed by atoms with Gasteiger partial charge >= 0.3 is 0 Å². The van der Waals surface area contributed by atoms with Gasteiger partial charge < -0.3 is 0 Å². The van der Waals surface area contributed by atoms with E-state index in [0.717, 1.165) is 35.0 Å². The van der Waals surface area contributed by atoms with Crippen LogP contribution in [0, 0.1) is 17.2 Å². The van der Waals surface area contributed by atoms with Crippen molar-refractivity contribution < 1.29 is 0 Å². The minimum absolute atomic E-state index is 0.0332. The lowest BCUT2D eigenvalue weighted by atomic mass is 9.99. The highest BCUT2D eigenvalue weighted by molar-refractivity contribution is 7.17. The minimum Gasteiger partial charge on any atom is -0.296 e. The van der Waals surface area contributed by atoms with E-state index in [0.29, 0.717) is 17.8 Å². The standard InChI is InChI=1S/C21H22N4OS/c1-15-7-10-24(11-8-15)13-18-23-20-19(21(26)25(18)12-9-22)17(14-27-20)16-5-3-2-4-6-16/h2-6,14-15H,7-8,10-13H2,1H3. The van der Waals surface area contributed by atoms with Crippen molar-refractivity contribution in [2.45, 2.75) is 32.9 Å². The minimum atomic E-state index is -0.109. The molecule has 1 aliphatic heterocycles. The van der Waals surface area contributed by atoms with E-state index < -0.39 is 0 Å². The first-order valence-corrected chi connectivity index (χ1v) is 10.2. The number of hydrogen-bond acceptors (Lipinski definition) is 5.